The minimum absolute atomic E-state index is 0.789. The predicted molar refractivity (Wildman–Crippen MR) is 75.0 cm³/mol. The molecule has 0 spiro atoms. The number of hydrogen-bond acceptors (Lipinski definition) is 2. The van der Waals surface area contributed by atoms with Crippen LogP contribution in [0.25, 0.3) is 0 Å². The summed E-state index contributed by atoms with van der Waals surface area (Å²) in [5, 5.41) is 0.789. The lowest BCUT2D eigenvalue weighted by atomic mass is 10.2. The van der Waals surface area contributed by atoms with Gasteiger partial charge in [0, 0.05) is 15.7 Å². The average molecular weight is 267 g/mol. The van der Waals surface area contributed by atoms with E-state index >= 15 is 0 Å². The lowest BCUT2D eigenvalue weighted by molar-refractivity contribution is 1.43. The van der Waals surface area contributed by atoms with Gasteiger partial charge in [0.25, 0.3) is 0 Å². The molecule has 0 atom stereocenters. The molecule has 0 aliphatic rings. The average Bonchev–Trinajstić information content (AvgIpc) is 2.33. The molecule has 2 rings (SSSR count). The number of rotatable bonds is 4. The summed E-state index contributed by atoms with van der Waals surface area (Å²) in [4.78, 5) is 1.24. The molecule has 0 saturated carbocycles. The zero-order chi connectivity index (χ0) is 11.2. The molecule has 0 unspecified atom stereocenters. The first kappa shape index (κ1) is 11.9. The topological polar surface area (TPSA) is 0 Å². The van der Waals surface area contributed by atoms with Gasteiger partial charge in [0.2, 0.25) is 0 Å². The van der Waals surface area contributed by atoms with E-state index in [1.165, 1.54) is 10.5 Å². The molecule has 2 aromatic rings. The van der Waals surface area contributed by atoms with Crippen LogP contribution < -0.4 is 0 Å². The monoisotopic (exact) mass is 266 g/mol. The molecule has 0 fully saturated rings. The number of halogens is 1. The zero-order valence-corrected chi connectivity index (χ0v) is 11.0. The summed E-state index contributed by atoms with van der Waals surface area (Å²) in [7, 11) is 3.62. The van der Waals surface area contributed by atoms with Crippen LogP contribution in [0.5, 0.6) is 0 Å². The maximum absolute atomic E-state index is 5.83. The lowest BCUT2D eigenvalue weighted by Gasteiger charge is -2.01. The van der Waals surface area contributed by atoms with Crippen molar-refractivity contribution in [2.24, 2.45) is 0 Å². The van der Waals surface area contributed by atoms with Gasteiger partial charge in [0.15, 0.2) is 0 Å². The Labute approximate surface area is 109 Å². The highest BCUT2D eigenvalue weighted by Crippen LogP contribution is 2.33. The van der Waals surface area contributed by atoms with E-state index < -0.39 is 0 Å². The van der Waals surface area contributed by atoms with Crippen LogP contribution in [-0.4, -0.2) is 0 Å². The van der Waals surface area contributed by atoms with Crippen molar-refractivity contribution in [1.82, 2.24) is 0 Å². The Bertz CT molecular complexity index is 425. The second-order valence-electron chi connectivity index (χ2n) is 3.29. The Balaban J connectivity index is 1.82. The van der Waals surface area contributed by atoms with E-state index in [1.54, 1.807) is 10.8 Å². The van der Waals surface area contributed by atoms with Crippen LogP contribution in [0.4, 0.5) is 0 Å². The van der Waals surface area contributed by atoms with Crippen molar-refractivity contribution in [3.8, 4) is 0 Å². The molecule has 16 heavy (non-hydrogen) atoms. The molecule has 0 bridgehead atoms. The molecular formula is C13H11ClS2. The zero-order valence-electron chi connectivity index (χ0n) is 8.60. The molecule has 0 heterocycles. The molecule has 0 saturated heterocycles. The first-order valence-corrected chi connectivity index (χ1v) is 7.63. The van der Waals surface area contributed by atoms with Crippen LogP contribution >= 0.6 is 33.2 Å². The van der Waals surface area contributed by atoms with Crippen LogP contribution in [0.15, 0.2) is 59.5 Å². The van der Waals surface area contributed by atoms with Gasteiger partial charge >= 0.3 is 0 Å². The molecule has 0 N–H and O–H groups in total. The Morgan fingerprint density at radius 3 is 2.25 bits per heavy atom. The third-order valence-corrected chi connectivity index (χ3v) is 4.61. The number of hydrogen-bond donors (Lipinski definition) is 0. The maximum atomic E-state index is 5.83. The Kier molecular flexibility index (Phi) is 4.64. The molecule has 0 aromatic heterocycles. The number of benzene rings is 2. The highest BCUT2D eigenvalue weighted by Gasteiger charge is 1.96. The van der Waals surface area contributed by atoms with Crippen molar-refractivity contribution < 1.29 is 0 Å². The van der Waals surface area contributed by atoms with Gasteiger partial charge in [0.1, 0.15) is 0 Å². The maximum Gasteiger partial charge on any atom is 0.0406 e. The summed E-state index contributed by atoms with van der Waals surface area (Å²) in [6.07, 6.45) is 0. The normalized spacial score (nSPS) is 10.3. The van der Waals surface area contributed by atoms with Gasteiger partial charge in [-0.2, -0.15) is 0 Å². The van der Waals surface area contributed by atoms with Gasteiger partial charge < -0.3 is 0 Å². The standard InChI is InChI=1S/C13H11ClS2/c14-12-6-8-13(9-7-12)16-15-10-11-4-2-1-3-5-11/h1-9H,10H2. The van der Waals surface area contributed by atoms with Crippen molar-refractivity contribution in [3.63, 3.8) is 0 Å². The van der Waals surface area contributed by atoms with Gasteiger partial charge in [-0.15, -0.1) is 0 Å². The third-order valence-electron chi connectivity index (χ3n) is 2.04. The van der Waals surface area contributed by atoms with Gasteiger partial charge in [0.05, 0.1) is 0 Å². The van der Waals surface area contributed by atoms with Crippen LogP contribution in [0, 0.1) is 0 Å². The highest BCUT2D eigenvalue weighted by atomic mass is 35.5. The van der Waals surface area contributed by atoms with Crippen LogP contribution in [0.2, 0.25) is 5.02 Å². The fraction of sp³-hybridized carbons (Fsp3) is 0.0769. The van der Waals surface area contributed by atoms with Crippen molar-refractivity contribution in [2.75, 3.05) is 0 Å². The minimum Gasteiger partial charge on any atom is -0.0843 e. The molecule has 0 radical (unpaired) electrons. The second-order valence-corrected chi connectivity index (χ2v) is 6.09. The first-order valence-electron chi connectivity index (χ1n) is 4.93. The van der Waals surface area contributed by atoms with E-state index in [9.17, 15) is 0 Å². The third kappa shape index (κ3) is 3.78. The summed E-state index contributed by atoms with van der Waals surface area (Å²) in [6, 6.07) is 18.4. The van der Waals surface area contributed by atoms with E-state index in [2.05, 4.69) is 24.3 Å². The van der Waals surface area contributed by atoms with E-state index in [1.807, 2.05) is 41.1 Å². The Morgan fingerprint density at radius 1 is 0.875 bits per heavy atom. The molecule has 3 heteroatoms. The second kappa shape index (κ2) is 6.24. The van der Waals surface area contributed by atoms with Gasteiger partial charge in [-0.1, -0.05) is 63.5 Å². The largest absolute Gasteiger partial charge is 0.0843 e. The SMILES string of the molecule is Clc1ccc(SSCc2ccccc2)cc1. The summed E-state index contributed by atoms with van der Waals surface area (Å²) in [6.45, 7) is 0. The summed E-state index contributed by atoms with van der Waals surface area (Å²) >= 11 is 5.83. The van der Waals surface area contributed by atoms with Gasteiger partial charge in [-0.05, 0) is 29.8 Å². The Hall–Kier alpha value is -0.570. The lowest BCUT2D eigenvalue weighted by Crippen LogP contribution is -1.75. The van der Waals surface area contributed by atoms with Crippen molar-refractivity contribution in [3.05, 3.63) is 65.2 Å². The van der Waals surface area contributed by atoms with Crippen LogP contribution in [0.1, 0.15) is 5.56 Å². The summed E-state index contributed by atoms with van der Waals surface area (Å²) < 4.78 is 0. The van der Waals surface area contributed by atoms with Gasteiger partial charge in [-0.25, -0.2) is 0 Å². The predicted octanol–water partition coefficient (Wildman–Crippen LogP) is 5.28. The highest BCUT2D eigenvalue weighted by molar-refractivity contribution is 8.76. The molecule has 2 aromatic carbocycles. The van der Waals surface area contributed by atoms with E-state index in [-0.39, 0.29) is 0 Å². The smallest absolute Gasteiger partial charge is 0.0406 e. The van der Waals surface area contributed by atoms with Crippen molar-refractivity contribution in [2.45, 2.75) is 10.6 Å². The molecular weight excluding hydrogens is 256 g/mol. The molecule has 0 aliphatic carbocycles. The molecule has 0 amide bonds. The fourth-order valence-electron chi connectivity index (χ4n) is 1.23. The summed E-state index contributed by atoms with van der Waals surface area (Å²) in [5.41, 5.74) is 1.36. The van der Waals surface area contributed by atoms with E-state index in [0.717, 1.165) is 10.8 Å². The molecule has 0 aliphatic heterocycles. The Morgan fingerprint density at radius 2 is 1.56 bits per heavy atom. The molecule has 82 valence electrons. The molecule has 0 nitrogen and oxygen atoms in total. The van der Waals surface area contributed by atoms with E-state index in [4.69, 9.17) is 11.6 Å². The minimum atomic E-state index is 0.789. The quantitative estimate of drug-likeness (QED) is 0.691. The van der Waals surface area contributed by atoms with Crippen molar-refractivity contribution >= 4 is 33.2 Å². The van der Waals surface area contributed by atoms with Gasteiger partial charge in [-0.3, -0.25) is 0 Å². The van der Waals surface area contributed by atoms with Crippen LogP contribution in [-0.2, 0) is 5.75 Å². The van der Waals surface area contributed by atoms with Crippen LogP contribution in [0.3, 0.4) is 0 Å². The summed E-state index contributed by atoms with van der Waals surface area (Å²) in [5.74, 6) is 1.02. The fourth-order valence-corrected chi connectivity index (χ4v) is 3.45. The van der Waals surface area contributed by atoms with Crippen molar-refractivity contribution in [1.29, 1.82) is 0 Å². The van der Waals surface area contributed by atoms with E-state index in [0.29, 0.717) is 0 Å². The first-order chi connectivity index (χ1) is 7.84.